The van der Waals surface area contributed by atoms with Crippen molar-refractivity contribution in [3.8, 4) is 0 Å². The summed E-state index contributed by atoms with van der Waals surface area (Å²) in [7, 11) is 0. The van der Waals surface area contributed by atoms with Gasteiger partial charge in [0, 0.05) is 9.13 Å². The second-order valence-electron chi connectivity index (χ2n) is 7.77. The Labute approximate surface area is 205 Å². The lowest BCUT2D eigenvalue weighted by atomic mass is 9.87. The molecule has 15 heteroatoms. The molecule has 0 saturated carbocycles. The summed E-state index contributed by atoms with van der Waals surface area (Å²) in [4.78, 5) is 16.1. The Balaban J connectivity index is 2.18. The van der Waals surface area contributed by atoms with E-state index in [4.69, 9.17) is 19.7 Å². The van der Waals surface area contributed by atoms with Crippen LogP contribution in [0.15, 0.2) is 24.3 Å². The Morgan fingerprint density at radius 1 is 1.03 bits per heavy atom. The van der Waals surface area contributed by atoms with E-state index in [1.807, 2.05) is 22.6 Å². The third kappa shape index (κ3) is 4.39. The van der Waals surface area contributed by atoms with Crippen molar-refractivity contribution >= 4 is 34.3 Å². The van der Waals surface area contributed by atoms with E-state index in [0.717, 1.165) is 0 Å². The minimum absolute atomic E-state index is 0.179. The van der Waals surface area contributed by atoms with Gasteiger partial charge in [-0.2, -0.15) is 0 Å². The number of halogens is 1. The number of hydrogen-bond acceptors (Lipinski definition) is 11. The average Bonchev–Trinajstić information content (AvgIpc) is 3.08. The van der Waals surface area contributed by atoms with E-state index in [0.29, 0.717) is 3.57 Å². The minimum Gasteiger partial charge on any atom is -0.449 e. The second kappa shape index (κ2) is 10.2. The molecule has 0 bridgehead atoms. The molecule has 14 nitrogen and oxygen atoms in total. The molecule has 2 aliphatic rings. The predicted octanol–water partition coefficient (Wildman–Crippen LogP) is -3.34. The molecule has 0 spiro atoms. The SMILES string of the molecule is [N-]=[N+]=C(O)[C@H]1O[C@](OC2(CO)O[C@H](CO)[C@@H](O)[C@@H]2O)(C(=O)c2ccc(I)cc2)[C@H](O)[C@@H](O)[C@@H]1O. The summed E-state index contributed by atoms with van der Waals surface area (Å²) in [6.07, 6.45) is -14.4. The molecule has 2 fully saturated rings. The van der Waals surface area contributed by atoms with Gasteiger partial charge in [0.05, 0.1) is 6.61 Å². The predicted molar refractivity (Wildman–Crippen MR) is 115 cm³/mol. The fourth-order valence-corrected chi connectivity index (χ4v) is 4.17. The summed E-state index contributed by atoms with van der Waals surface area (Å²) < 4.78 is 16.9. The van der Waals surface area contributed by atoms with Gasteiger partial charge in [0.2, 0.25) is 17.7 Å². The Bertz CT molecular complexity index is 959. The number of rotatable bonds is 7. The van der Waals surface area contributed by atoms with Crippen molar-refractivity contribution in [1.82, 2.24) is 0 Å². The fraction of sp³-hybridized carbons (Fsp3) is 0.579. The number of ketones is 1. The van der Waals surface area contributed by atoms with E-state index in [-0.39, 0.29) is 5.56 Å². The number of hydrogen-bond donors (Lipinski definition) is 8. The molecule has 1 aromatic carbocycles. The van der Waals surface area contributed by atoms with E-state index >= 15 is 0 Å². The molecule has 0 amide bonds. The molecule has 8 N–H and O–H groups in total. The van der Waals surface area contributed by atoms with Gasteiger partial charge in [-0.05, 0) is 34.7 Å². The van der Waals surface area contributed by atoms with Gasteiger partial charge in [-0.25, -0.2) is 0 Å². The fourth-order valence-electron chi connectivity index (χ4n) is 3.81. The minimum atomic E-state index is -3.11. The smallest absolute Gasteiger partial charge is 0.449 e. The second-order valence-corrected chi connectivity index (χ2v) is 9.02. The number of aliphatic hydroxyl groups is 8. The first-order chi connectivity index (χ1) is 16.0. The first kappa shape index (κ1) is 27.0. The van der Waals surface area contributed by atoms with Gasteiger partial charge in [-0.15, -0.1) is 4.79 Å². The van der Waals surface area contributed by atoms with Crippen LogP contribution in [0.2, 0.25) is 0 Å². The summed E-state index contributed by atoms with van der Waals surface area (Å²) in [5, 5.41) is 81.5. The van der Waals surface area contributed by atoms with Crippen LogP contribution in [0.5, 0.6) is 0 Å². The lowest BCUT2D eigenvalue weighted by Gasteiger charge is -2.48. The zero-order valence-electron chi connectivity index (χ0n) is 17.2. The highest BCUT2D eigenvalue weighted by atomic mass is 127. The van der Waals surface area contributed by atoms with Gasteiger partial charge >= 0.3 is 5.90 Å². The highest BCUT2D eigenvalue weighted by Crippen LogP contribution is 2.42. The van der Waals surface area contributed by atoms with Crippen molar-refractivity contribution in [3.63, 3.8) is 0 Å². The summed E-state index contributed by atoms with van der Waals surface area (Å²) in [5.74, 6) is -8.32. The molecule has 0 aromatic heterocycles. The molecule has 0 radical (unpaired) electrons. The van der Waals surface area contributed by atoms with Crippen LogP contribution in [0, 0.1) is 3.57 Å². The lowest BCUT2D eigenvalue weighted by molar-refractivity contribution is -0.406. The zero-order chi connectivity index (χ0) is 25.4. The van der Waals surface area contributed by atoms with Gasteiger partial charge in [0.25, 0.3) is 5.79 Å². The third-order valence-electron chi connectivity index (χ3n) is 5.69. The van der Waals surface area contributed by atoms with Crippen LogP contribution in [-0.2, 0) is 14.2 Å². The highest BCUT2D eigenvalue weighted by Gasteiger charge is 2.67. The number of benzene rings is 1. The molecule has 9 atom stereocenters. The molecule has 3 rings (SSSR count). The van der Waals surface area contributed by atoms with E-state index in [1.54, 1.807) is 0 Å². The Kier molecular flexibility index (Phi) is 8.08. The summed E-state index contributed by atoms with van der Waals surface area (Å²) >= 11 is 1.95. The topological polar surface area (TPSA) is 243 Å². The van der Waals surface area contributed by atoms with Crippen molar-refractivity contribution in [3.05, 3.63) is 38.9 Å². The Morgan fingerprint density at radius 2 is 1.65 bits per heavy atom. The molecule has 1 aromatic rings. The number of ether oxygens (including phenoxy) is 3. The van der Waals surface area contributed by atoms with Gasteiger partial charge in [0.1, 0.15) is 43.2 Å². The van der Waals surface area contributed by atoms with Crippen LogP contribution in [0.4, 0.5) is 0 Å². The third-order valence-corrected chi connectivity index (χ3v) is 6.40. The van der Waals surface area contributed by atoms with Crippen molar-refractivity contribution in [2.45, 2.75) is 54.3 Å². The molecule has 34 heavy (non-hydrogen) atoms. The van der Waals surface area contributed by atoms with Gasteiger partial charge in [-0.3, -0.25) is 4.79 Å². The van der Waals surface area contributed by atoms with E-state index in [1.165, 1.54) is 24.3 Å². The maximum atomic E-state index is 13.6. The molecule has 2 saturated heterocycles. The van der Waals surface area contributed by atoms with Crippen LogP contribution in [0.25, 0.3) is 5.53 Å². The summed E-state index contributed by atoms with van der Waals surface area (Å²) in [5.41, 5.74) is 8.77. The maximum absolute atomic E-state index is 13.6. The lowest BCUT2D eigenvalue weighted by Crippen LogP contribution is -2.72. The van der Waals surface area contributed by atoms with Crippen molar-refractivity contribution in [2.24, 2.45) is 0 Å². The number of carbonyl (C=O) groups is 1. The highest BCUT2D eigenvalue weighted by molar-refractivity contribution is 14.1. The van der Waals surface area contributed by atoms with Gasteiger partial charge in [-0.1, -0.05) is 12.1 Å². The van der Waals surface area contributed by atoms with Crippen molar-refractivity contribution in [1.29, 1.82) is 0 Å². The van der Waals surface area contributed by atoms with Crippen molar-refractivity contribution < 1.29 is 64.6 Å². The quantitative estimate of drug-likeness (QED) is 0.0384. The largest absolute Gasteiger partial charge is 0.479 e. The van der Waals surface area contributed by atoms with E-state index in [2.05, 4.69) is 4.79 Å². The molecule has 188 valence electrons. The molecule has 1 unspecified atom stereocenters. The average molecular weight is 598 g/mol. The van der Waals surface area contributed by atoms with Gasteiger partial charge < -0.3 is 60.6 Å². The Morgan fingerprint density at radius 3 is 2.15 bits per heavy atom. The first-order valence-electron chi connectivity index (χ1n) is 9.87. The molecule has 0 aliphatic carbocycles. The molecule has 2 aliphatic heterocycles. The molecular weight excluding hydrogens is 575 g/mol. The number of nitrogens with zero attached hydrogens (tertiary/aromatic N) is 2. The van der Waals surface area contributed by atoms with Crippen molar-refractivity contribution in [2.75, 3.05) is 13.2 Å². The summed E-state index contributed by atoms with van der Waals surface area (Å²) in [6.45, 7) is -2.09. The Hall–Kier alpha value is -1.60. The van der Waals surface area contributed by atoms with Crippen LogP contribution in [0.3, 0.4) is 0 Å². The summed E-state index contributed by atoms with van der Waals surface area (Å²) in [6, 6.07) is 5.59. The van der Waals surface area contributed by atoms with Crippen LogP contribution in [-0.4, -0.2) is 125 Å². The van der Waals surface area contributed by atoms with E-state index < -0.39 is 79.2 Å². The van der Waals surface area contributed by atoms with Gasteiger partial charge in [0.15, 0.2) is 0 Å². The monoisotopic (exact) mass is 598 g/mol. The first-order valence-corrected chi connectivity index (χ1v) is 10.9. The standard InChI is InChI=1S/C19H23IN2O12/c20-8-3-1-7(2-4-8)14(28)19(16(30)12(27)11(26)13(33-19)17(31)22-21)34-18(6-24)15(29)10(25)9(5-23)32-18/h1-4,9-13,15-16,23-27,29-31H,5-6H2/t9-,10-,11+,12+,13+,15+,16-,18?,19+/m1/s1. The molecular formula is C19H23IN2O12. The number of aliphatic hydroxyl groups excluding tert-OH is 8. The van der Waals surface area contributed by atoms with E-state index in [9.17, 15) is 45.6 Å². The van der Waals surface area contributed by atoms with Crippen LogP contribution in [0.1, 0.15) is 10.4 Å². The normalized spacial score (nSPS) is 40.1. The number of Topliss-reactive ketones (excluding diaryl/α,β-unsaturated/α-hetero) is 1. The number of carbonyl (C=O) groups excluding carboxylic acids is 1. The van der Waals surface area contributed by atoms with Crippen LogP contribution >= 0.6 is 22.6 Å². The molecule has 2 heterocycles. The van der Waals surface area contributed by atoms with Crippen LogP contribution < -0.4 is 0 Å². The maximum Gasteiger partial charge on any atom is 0.479 e. The zero-order valence-corrected chi connectivity index (χ0v) is 19.4.